The van der Waals surface area contributed by atoms with Gasteiger partial charge in [-0.2, -0.15) is 0 Å². The molecule has 0 N–H and O–H groups in total. The van der Waals surface area contributed by atoms with Crippen LogP contribution in [-0.2, 0) is 0 Å². The SMILES string of the molecule is c1cc2ccc3scnc3c2o1. The molecule has 3 aromatic rings. The zero-order chi connectivity index (χ0) is 7.97. The van der Waals surface area contributed by atoms with Crippen molar-refractivity contribution in [1.82, 2.24) is 4.98 Å². The lowest BCUT2D eigenvalue weighted by molar-refractivity contribution is 0.618. The Labute approximate surface area is 72.4 Å². The predicted octanol–water partition coefficient (Wildman–Crippen LogP) is 3.04. The Balaban J connectivity index is 2.71. The molecule has 0 spiro atoms. The van der Waals surface area contributed by atoms with Gasteiger partial charge in [0.1, 0.15) is 5.52 Å². The number of aromatic nitrogens is 1. The minimum absolute atomic E-state index is 0.897. The maximum atomic E-state index is 5.33. The Hall–Kier alpha value is -1.35. The number of rotatable bonds is 0. The summed E-state index contributed by atoms with van der Waals surface area (Å²) in [6, 6.07) is 6.08. The number of nitrogens with zero attached hydrogens (tertiary/aromatic N) is 1. The topological polar surface area (TPSA) is 26.0 Å². The van der Waals surface area contributed by atoms with E-state index in [1.54, 1.807) is 17.6 Å². The van der Waals surface area contributed by atoms with Crippen LogP contribution in [0, 0.1) is 0 Å². The highest BCUT2D eigenvalue weighted by atomic mass is 32.1. The smallest absolute Gasteiger partial charge is 0.160 e. The van der Waals surface area contributed by atoms with Crippen molar-refractivity contribution in [2.24, 2.45) is 0 Å². The van der Waals surface area contributed by atoms with Crippen LogP contribution in [0.15, 0.2) is 34.4 Å². The molecule has 0 aliphatic rings. The molecule has 12 heavy (non-hydrogen) atoms. The molecule has 3 heteroatoms. The summed E-state index contributed by atoms with van der Waals surface area (Å²) in [4.78, 5) is 4.24. The van der Waals surface area contributed by atoms with Gasteiger partial charge >= 0.3 is 0 Å². The molecule has 0 aliphatic carbocycles. The van der Waals surface area contributed by atoms with Crippen LogP contribution in [0.3, 0.4) is 0 Å². The number of fused-ring (bicyclic) bond motifs is 3. The summed E-state index contributed by atoms with van der Waals surface area (Å²) in [6.07, 6.45) is 1.70. The Kier molecular flexibility index (Phi) is 1.07. The average Bonchev–Trinajstić information content (AvgIpc) is 2.71. The molecule has 0 fully saturated rings. The van der Waals surface area contributed by atoms with Crippen molar-refractivity contribution in [3.8, 4) is 0 Å². The predicted molar refractivity (Wildman–Crippen MR) is 49.4 cm³/mol. The summed E-state index contributed by atoms with van der Waals surface area (Å²) >= 11 is 1.63. The third kappa shape index (κ3) is 0.662. The zero-order valence-corrected chi connectivity index (χ0v) is 6.97. The molecular formula is C9H5NOS. The molecule has 3 rings (SSSR count). The van der Waals surface area contributed by atoms with Gasteiger partial charge in [0.25, 0.3) is 0 Å². The van der Waals surface area contributed by atoms with Crippen LogP contribution in [0.1, 0.15) is 0 Å². The largest absolute Gasteiger partial charge is 0.462 e. The molecule has 2 aromatic heterocycles. The molecule has 0 amide bonds. The van der Waals surface area contributed by atoms with Crippen LogP contribution in [0.5, 0.6) is 0 Å². The summed E-state index contributed by atoms with van der Waals surface area (Å²) in [5.41, 5.74) is 3.71. The van der Waals surface area contributed by atoms with Crippen molar-refractivity contribution in [1.29, 1.82) is 0 Å². The first-order valence-electron chi connectivity index (χ1n) is 3.64. The normalized spacial score (nSPS) is 11.3. The first-order valence-corrected chi connectivity index (χ1v) is 4.52. The lowest BCUT2D eigenvalue weighted by Crippen LogP contribution is -1.67. The molecule has 2 heterocycles. The van der Waals surface area contributed by atoms with Gasteiger partial charge in [-0.25, -0.2) is 4.98 Å². The minimum atomic E-state index is 0.897. The molecule has 0 unspecified atom stereocenters. The van der Waals surface area contributed by atoms with Crippen LogP contribution < -0.4 is 0 Å². The van der Waals surface area contributed by atoms with E-state index in [1.807, 2.05) is 11.6 Å². The van der Waals surface area contributed by atoms with Crippen molar-refractivity contribution in [2.75, 3.05) is 0 Å². The van der Waals surface area contributed by atoms with Gasteiger partial charge in [0.05, 0.1) is 16.5 Å². The molecule has 0 atom stereocenters. The van der Waals surface area contributed by atoms with Gasteiger partial charge in [0, 0.05) is 5.39 Å². The number of thiazole rings is 1. The van der Waals surface area contributed by atoms with E-state index in [4.69, 9.17) is 4.42 Å². The Morgan fingerprint density at radius 3 is 3.25 bits per heavy atom. The summed E-state index contributed by atoms with van der Waals surface area (Å²) in [5, 5.41) is 1.12. The Morgan fingerprint density at radius 2 is 2.25 bits per heavy atom. The molecule has 58 valence electrons. The quantitative estimate of drug-likeness (QED) is 0.525. The second-order valence-electron chi connectivity index (χ2n) is 2.60. The zero-order valence-electron chi connectivity index (χ0n) is 6.15. The van der Waals surface area contributed by atoms with Crippen molar-refractivity contribution in [3.05, 3.63) is 30.0 Å². The van der Waals surface area contributed by atoms with Gasteiger partial charge in [-0.15, -0.1) is 11.3 Å². The summed E-state index contributed by atoms with van der Waals surface area (Å²) < 4.78 is 6.51. The van der Waals surface area contributed by atoms with E-state index in [0.717, 1.165) is 16.5 Å². The Bertz CT molecular complexity index is 488. The second kappa shape index (κ2) is 2.08. The van der Waals surface area contributed by atoms with Crippen molar-refractivity contribution in [2.45, 2.75) is 0 Å². The van der Waals surface area contributed by atoms with Crippen molar-refractivity contribution >= 4 is 32.5 Å². The molecule has 0 bridgehead atoms. The number of hydrogen-bond donors (Lipinski definition) is 0. The van der Waals surface area contributed by atoms with E-state index in [2.05, 4.69) is 17.1 Å². The van der Waals surface area contributed by atoms with E-state index < -0.39 is 0 Å². The van der Waals surface area contributed by atoms with Gasteiger partial charge in [0.2, 0.25) is 0 Å². The molecule has 0 saturated carbocycles. The third-order valence-electron chi connectivity index (χ3n) is 1.92. The van der Waals surface area contributed by atoms with Crippen molar-refractivity contribution in [3.63, 3.8) is 0 Å². The van der Waals surface area contributed by atoms with Crippen LogP contribution in [-0.4, -0.2) is 4.98 Å². The van der Waals surface area contributed by atoms with Crippen LogP contribution in [0.25, 0.3) is 21.2 Å². The minimum Gasteiger partial charge on any atom is -0.462 e. The van der Waals surface area contributed by atoms with Gasteiger partial charge in [0.15, 0.2) is 5.58 Å². The summed E-state index contributed by atoms with van der Waals surface area (Å²) in [7, 11) is 0. The fourth-order valence-corrected chi connectivity index (χ4v) is 2.03. The van der Waals surface area contributed by atoms with Gasteiger partial charge in [-0.1, -0.05) is 0 Å². The van der Waals surface area contributed by atoms with E-state index in [0.29, 0.717) is 0 Å². The van der Waals surface area contributed by atoms with E-state index in [9.17, 15) is 0 Å². The third-order valence-corrected chi connectivity index (χ3v) is 2.71. The van der Waals surface area contributed by atoms with Crippen LogP contribution in [0.2, 0.25) is 0 Å². The molecular weight excluding hydrogens is 170 g/mol. The lowest BCUT2D eigenvalue weighted by atomic mass is 10.2. The monoisotopic (exact) mass is 175 g/mol. The first-order chi connectivity index (χ1) is 5.95. The average molecular weight is 175 g/mol. The highest BCUT2D eigenvalue weighted by Gasteiger charge is 2.04. The first kappa shape index (κ1) is 6.20. The molecule has 0 aliphatic heterocycles. The fraction of sp³-hybridized carbons (Fsp3) is 0. The standard InChI is InChI=1S/C9H5NOS/c1-2-7-8(10-5-12-7)9-6(1)3-4-11-9/h1-5H. The maximum absolute atomic E-state index is 5.33. The number of hydrogen-bond acceptors (Lipinski definition) is 3. The van der Waals surface area contributed by atoms with Crippen LogP contribution in [0.4, 0.5) is 0 Å². The second-order valence-corrected chi connectivity index (χ2v) is 3.49. The van der Waals surface area contributed by atoms with E-state index in [1.165, 1.54) is 4.70 Å². The highest BCUT2D eigenvalue weighted by molar-refractivity contribution is 7.16. The molecule has 2 nitrogen and oxygen atoms in total. The maximum Gasteiger partial charge on any atom is 0.160 e. The van der Waals surface area contributed by atoms with Gasteiger partial charge < -0.3 is 4.42 Å². The highest BCUT2D eigenvalue weighted by Crippen LogP contribution is 2.27. The Morgan fingerprint density at radius 1 is 1.25 bits per heavy atom. The summed E-state index contributed by atoms with van der Waals surface area (Å²) in [5.74, 6) is 0. The van der Waals surface area contributed by atoms with Gasteiger partial charge in [-0.05, 0) is 18.2 Å². The molecule has 0 saturated heterocycles. The number of furan rings is 1. The van der Waals surface area contributed by atoms with Crippen molar-refractivity contribution < 1.29 is 4.42 Å². The summed E-state index contributed by atoms with van der Waals surface area (Å²) in [6.45, 7) is 0. The number of benzene rings is 1. The van der Waals surface area contributed by atoms with E-state index >= 15 is 0 Å². The molecule has 0 radical (unpaired) electrons. The van der Waals surface area contributed by atoms with E-state index in [-0.39, 0.29) is 0 Å². The van der Waals surface area contributed by atoms with Crippen LogP contribution >= 0.6 is 11.3 Å². The lowest BCUT2D eigenvalue weighted by Gasteiger charge is -1.87. The molecule has 1 aromatic carbocycles. The van der Waals surface area contributed by atoms with Gasteiger partial charge in [-0.3, -0.25) is 0 Å². The fourth-order valence-electron chi connectivity index (χ4n) is 1.35.